The van der Waals surface area contributed by atoms with Crippen LogP contribution in [0.15, 0.2) is 65.6 Å². The topological polar surface area (TPSA) is 156 Å². The van der Waals surface area contributed by atoms with Gasteiger partial charge in [0.25, 0.3) is 15.7 Å². The van der Waals surface area contributed by atoms with Crippen molar-refractivity contribution in [3.63, 3.8) is 0 Å². The van der Waals surface area contributed by atoms with Gasteiger partial charge in [-0.3, -0.25) is 23.9 Å². The molecule has 1 amide bonds. The number of anilines is 3. The van der Waals surface area contributed by atoms with Gasteiger partial charge in [0, 0.05) is 22.8 Å². The van der Waals surface area contributed by atoms with Gasteiger partial charge < -0.3 is 5.32 Å². The Balaban J connectivity index is 1.78. The van der Waals surface area contributed by atoms with Crippen LogP contribution in [0.3, 0.4) is 0 Å². The number of amides is 1. The van der Waals surface area contributed by atoms with Crippen LogP contribution in [0.4, 0.5) is 22.7 Å². The zero-order valence-electron chi connectivity index (χ0n) is 19.9. The van der Waals surface area contributed by atoms with Crippen molar-refractivity contribution in [2.24, 2.45) is 0 Å². The van der Waals surface area contributed by atoms with Crippen molar-refractivity contribution in [2.75, 3.05) is 27.1 Å². The van der Waals surface area contributed by atoms with Crippen molar-refractivity contribution in [3.8, 4) is 0 Å². The molecule has 196 valence electrons. The Kier molecular flexibility index (Phi) is 8.10. The molecule has 3 aromatic carbocycles. The molecule has 0 saturated carbocycles. The van der Waals surface area contributed by atoms with Gasteiger partial charge in [0.15, 0.2) is 0 Å². The third-order valence-corrected chi connectivity index (χ3v) is 8.00. The Morgan fingerprint density at radius 2 is 1.59 bits per heavy atom. The van der Waals surface area contributed by atoms with E-state index in [9.17, 15) is 31.7 Å². The minimum atomic E-state index is -3.98. The highest BCUT2D eigenvalue weighted by atomic mass is 35.5. The van der Waals surface area contributed by atoms with E-state index in [-0.39, 0.29) is 22.0 Å². The molecule has 0 radical (unpaired) electrons. The average Bonchev–Trinajstić information content (AvgIpc) is 2.80. The lowest BCUT2D eigenvalue weighted by atomic mass is 10.2. The molecule has 0 bridgehead atoms. The van der Waals surface area contributed by atoms with E-state index in [1.54, 1.807) is 26.0 Å². The second kappa shape index (κ2) is 10.7. The summed E-state index contributed by atoms with van der Waals surface area (Å²) < 4.78 is 53.5. The van der Waals surface area contributed by atoms with Gasteiger partial charge in [0.2, 0.25) is 15.9 Å². The summed E-state index contributed by atoms with van der Waals surface area (Å²) in [6.45, 7) is 2.63. The highest BCUT2D eigenvalue weighted by Crippen LogP contribution is 2.28. The van der Waals surface area contributed by atoms with Crippen LogP contribution in [-0.4, -0.2) is 40.5 Å². The largest absolute Gasteiger partial charge is 0.325 e. The molecule has 0 atom stereocenters. The Bertz CT molecular complexity index is 1580. The zero-order valence-corrected chi connectivity index (χ0v) is 22.3. The summed E-state index contributed by atoms with van der Waals surface area (Å²) in [5.41, 5.74) is 1.30. The van der Waals surface area contributed by atoms with Gasteiger partial charge in [0.05, 0.1) is 27.4 Å². The van der Waals surface area contributed by atoms with Crippen LogP contribution in [0.1, 0.15) is 11.1 Å². The fourth-order valence-corrected chi connectivity index (χ4v) is 5.52. The molecule has 0 saturated heterocycles. The minimum Gasteiger partial charge on any atom is -0.325 e. The van der Waals surface area contributed by atoms with Gasteiger partial charge in [0.1, 0.15) is 6.54 Å². The molecule has 0 heterocycles. The van der Waals surface area contributed by atoms with Crippen LogP contribution in [0, 0.1) is 24.0 Å². The number of nitrogens with zero attached hydrogens (tertiary/aromatic N) is 2. The maximum atomic E-state index is 12.8. The first-order valence-electron chi connectivity index (χ1n) is 10.6. The zero-order chi connectivity index (χ0) is 27.5. The molecule has 14 heteroatoms. The number of hydrogen-bond donors (Lipinski definition) is 2. The molecular weight excluding hydrogens is 544 g/mol. The lowest BCUT2D eigenvalue weighted by molar-refractivity contribution is -0.384. The van der Waals surface area contributed by atoms with Crippen molar-refractivity contribution in [1.29, 1.82) is 0 Å². The second-order valence-electron chi connectivity index (χ2n) is 8.13. The number of nitrogens with one attached hydrogen (secondary N) is 2. The Morgan fingerprint density at radius 1 is 0.973 bits per heavy atom. The van der Waals surface area contributed by atoms with Crippen molar-refractivity contribution in [3.05, 3.63) is 86.9 Å². The summed E-state index contributed by atoms with van der Waals surface area (Å²) in [4.78, 5) is 23.1. The number of nitro benzene ring substituents is 1. The number of rotatable bonds is 9. The summed E-state index contributed by atoms with van der Waals surface area (Å²) in [5, 5.41) is 14.0. The molecule has 3 rings (SSSR count). The van der Waals surface area contributed by atoms with Crippen LogP contribution in [0.2, 0.25) is 5.02 Å². The van der Waals surface area contributed by atoms with Gasteiger partial charge in [-0.1, -0.05) is 23.7 Å². The molecular formula is C23H23ClN4O7S2. The molecule has 0 aliphatic carbocycles. The summed E-state index contributed by atoms with van der Waals surface area (Å²) in [6, 6.07) is 13.7. The summed E-state index contributed by atoms with van der Waals surface area (Å²) in [6.07, 6.45) is 0.882. The fourth-order valence-electron chi connectivity index (χ4n) is 3.32. The monoisotopic (exact) mass is 566 g/mol. The third-order valence-electron chi connectivity index (χ3n) is 5.25. The van der Waals surface area contributed by atoms with Crippen LogP contribution < -0.4 is 14.3 Å². The minimum absolute atomic E-state index is 0.00401. The van der Waals surface area contributed by atoms with Gasteiger partial charge in [-0.25, -0.2) is 16.8 Å². The first-order chi connectivity index (χ1) is 17.2. The highest BCUT2D eigenvalue weighted by Gasteiger charge is 2.25. The number of carbonyl (C=O) groups is 1. The SMILES string of the molecule is Cc1ccc(Cl)cc1NS(=O)(=O)c1ccc(NC(=O)CN(c2cc([N+](=O)[O-])ccc2C)S(C)(=O)=O)cc1. The van der Waals surface area contributed by atoms with E-state index in [0.29, 0.717) is 21.8 Å². The normalized spacial score (nSPS) is 11.6. The van der Waals surface area contributed by atoms with E-state index in [1.165, 1.54) is 42.5 Å². The van der Waals surface area contributed by atoms with Gasteiger partial charge >= 0.3 is 0 Å². The molecule has 0 unspecified atom stereocenters. The second-order valence-corrected chi connectivity index (χ2v) is 12.2. The third kappa shape index (κ3) is 6.96. The number of halogens is 1. The predicted octanol–water partition coefficient (Wildman–Crippen LogP) is 4.07. The van der Waals surface area contributed by atoms with Crippen molar-refractivity contribution in [1.82, 2.24) is 0 Å². The summed E-state index contributed by atoms with van der Waals surface area (Å²) in [5.74, 6) is -0.736. The van der Waals surface area contributed by atoms with Crippen LogP contribution in [-0.2, 0) is 24.8 Å². The molecule has 0 fully saturated rings. The average molecular weight is 567 g/mol. The molecule has 3 aromatic rings. The summed E-state index contributed by atoms with van der Waals surface area (Å²) >= 11 is 5.95. The first-order valence-corrected chi connectivity index (χ1v) is 14.3. The van der Waals surface area contributed by atoms with Crippen molar-refractivity contribution >= 4 is 60.3 Å². The van der Waals surface area contributed by atoms with E-state index in [0.717, 1.165) is 16.6 Å². The van der Waals surface area contributed by atoms with Crippen LogP contribution in [0.5, 0.6) is 0 Å². The maximum Gasteiger partial charge on any atom is 0.271 e. The predicted molar refractivity (Wildman–Crippen MR) is 142 cm³/mol. The van der Waals surface area contributed by atoms with Gasteiger partial charge in [-0.2, -0.15) is 0 Å². The number of carbonyl (C=O) groups excluding carboxylic acids is 1. The Hall–Kier alpha value is -3.68. The van der Waals surface area contributed by atoms with E-state index in [4.69, 9.17) is 11.6 Å². The number of non-ortho nitro benzene ring substituents is 1. The fraction of sp³-hybridized carbons (Fsp3) is 0.174. The lowest BCUT2D eigenvalue weighted by Crippen LogP contribution is -2.37. The molecule has 0 aromatic heterocycles. The highest BCUT2D eigenvalue weighted by molar-refractivity contribution is 7.92. The number of hydrogen-bond acceptors (Lipinski definition) is 7. The maximum absolute atomic E-state index is 12.8. The van der Waals surface area contributed by atoms with E-state index in [1.807, 2.05) is 0 Å². The lowest BCUT2D eigenvalue weighted by Gasteiger charge is -2.23. The molecule has 0 aliphatic heterocycles. The molecule has 0 aliphatic rings. The van der Waals surface area contributed by atoms with E-state index < -0.39 is 37.4 Å². The first kappa shape index (κ1) is 27.9. The van der Waals surface area contributed by atoms with Crippen molar-refractivity contribution in [2.45, 2.75) is 18.7 Å². The van der Waals surface area contributed by atoms with E-state index >= 15 is 0 Å². The molecule has 11 nitrogen and oxygen atoms in total. The van der Waals surface area contributed by atoms with Gasteiger partial charge in [-0.05, 0) is 61.4 Å². The molecule has 0 spiro atoms. The number of aryl methyl sites for hydroxylation is 2. The standard InChI is InChI=1S/C23H23ClN4O7S2/c1-15-4-6-17(24)12-21(15)26-37(34,35)20-10-7-18(8-11-20)25-23(29)14-27(36(3,32)33)22-13-19(28(30)31)9-5-16(22)2/h4-13,26H,14H2,1-3H3,(H,25,29). The smallest absolute Gasteiger partial charge is 0.271 e. The van der Waals surface area contributed by atoms with Crippen molar-refractivity contribution < 1.29 is 26.6 Å². The number of sulfonamides is 2. The van der Waals surface area contributed by atoms with Crippen LogP contribution >= 0.6 is 11.6 Å². The summed E-state index contributed by atoms with van der Waals surface area (Å²) in [7, 11) is -7.93. The molecule has 2 N–H and O–H groups in total. The quantitative estimate of drug-likeness (QED) is 0.292. The Morgan fingerprint density at radius 3 is 2.19 bits per heavy atom. The number of benzene rings is 3. The van der Waals surface area contributed by atoms with Crippen LogP contribution in [0.25, 0.3) is 0 Å². The number of nitro groups is 1. The van der Waals surface area contributed by atoms with E-state index in [2.05, 4.69) is 10.0 Å². The molecule has 37 heavy (non-hydrogen) atoms. The van der Waals surface area contributed by atoms with Gasteiger partial charge in [-0.15, -0.1) is 0 Å². The Labute approximate surface area is 219 Å².